The maximum Gasteiger partial charge on any atom is 0.323 e. The monoisotopic (exact) mass is 281 g/mol. The third-order valence-corrected chi connectivity index (χ3v) is 2.72. The van der Waals surface area contributed by atoms with Crippen molar-refractivity contribution in [2.75, 3.05) is 26.8 Å². The van der Waals surface area contributed by atoms with Gasteiger partial charge in [-0.2, -0.15) is 0 Å². The summed E-state index contributed by atoms with van der Waals surface area (Å²) >= 11 is 0. The van der Waals surface area contributed by atoms with Gasteiger partial charge < -0.3 is 20.1 Å². The lowest BCUT2D eigenvalue weighted by Crippen LogP contribution is -2.45. The van der Waals surface area contributed by atoms with Crippen LogP contribution >= 0.6 is 0 Å². The van der Waals surface area contributed by atoms with Crippen LogP contribution in [0.3, 0.4) is 0 Å². The molecule has 0 radical (unpaired) electrons. The van der Waals surface area contributed by atoms with Gasteiger partial charge in [0.2, 0.25) is 0 Å². The average molecular weight is 281 g/mol. The van der Waals surface area contributed by atoms with Gasteiger partial charge in [0.25, 0.3) is 0 Å². The first-order chi connectivity index (χ1) is 9.54. The lowest BCUT2D eigenvalue weighted by atomic mass is 10.1. The van der Waals surface area contributed by atoms with Crippen molar-refractivity contribution in [2.45, 2.75) is 13.0 Å². The molecule has 0 aliphatic rings. The SMILES string of the molecule is COCCN(CC(=O)O)C(=O)NC(C)c1ccncc1. The van der Waals surface area contributed by atoms with E-state index >= 15 is 0 Å². The van der Waals surface area contributed by atoms with E-state index in [1.54, 1.807) is 24.5 Å². The number of pyridine rings is 1. The zero-order valence-electron chi connectivity index (χ0n) is 11.6. The first kappa shape index (κ1) is 15.9. The van der Waals surface area contributed by atoms with Crippen LogP contribution in [0.1, 0.15) is 18.5 Å². The number of nitrogens with one attached hydrogen (secondary N) is 1. The Bertz CT molecular complexity index is 439. The van der Waals surface area contributed by atoms with Crippen molar-refractivity contribution < 1.29 is 19.4 Å². The molecule has 2 N–H and O–H groups in total. The van der Waals surface area contributed by atoms with Gasteiger partial charge in [0, 0.05) is 26.0 Å². The molecule has 1 aromatic rings. The maximum atomic E-state index is 12.0. The number of carbonyl (C=O) groups is 2. The second kappa shape index (κ2) is 8.11. The minimum atomic E-state index is -1.06. The van der Waals surface area contributed by atoms with Gasteiger partial charge in [-0.3, -0.25) is 9.78 Å². The van der Waals surface area contributed by atoms with Crippen LogP contribution < -0.4 is 5.32 Å². The van der Waals surface area contributed by atoms with Gasteiger partial charge in [-0.15, -0.1) is 0 Å². The zero-order valence-corrected chi connectivity index (χ0v) is 11.6. The molecule has 0 saturated carbocycles. The van der Waals surface area contributed by atoms with Gasteiger partial charge in [0.15, 0.2) is 0 Å². The number of hydrogen-bond donors (Lipinski definition) is 2. The summed E-state index contributed by atoms with van der Waals surface area (Å²) in [6, 6.07) is 2.92. The molecular weight excluding hydrogens is 262 g/mol. The van der Waals surface area contributed by atoms with Crippen LogP contribution in [-0.2, 0) is 9.53 Å². The molecule has 0 aliphatic carbocycles. The van der Waals surface area contributed by atoms with Gasteiger partial charge >= 0.3 is 12.0 Å². The van der Waals surface area contributed by atoms with Gasteiger partial charge in [0.05, 0.1) is 12.6 Å². The molecule has 0 saturated heterocycles. The number of methoxy groups -OCH3 is 1. The molecule has 1 heterocycles. The number of carbonyl (C=O) groups excluding carboxylic acids is 1. The van der Waals surface area contributed by atoms with Gasteiger partial charge in [0.1, 0.15) is 6.54 Å². The highest BCUT2D eigenvalue weighted by Gasteiger charge is 2.18. The maximum absolute atomic E-state index is 12.0. The summed E-state index contributed by atoms with van der Waals surface area (Å²) in [6.45, 7) is 1.96. The second-order valence-electron chi connectivity index (χ2n) is 4.26. The molecule has 20 heavy (non-hydrogen) atoms. The number of urea groups is 1. The Morgan fingerprint density at radius 2 is 2.10 bits per heavy atom. The van der Waals surface area contributed by atoms with Gasteiger partial charge in [-0.1, -0.05) is 0 Å². The van der Waals surface area contributed by atoms with Crippen molar-refractivity contribution in [3.63, 3.8) is 0 Å². The topological polar surface area (TPSA) is 91.8 Å². The number of hydrogen-bond acceptors (Lipinski definition) is 4. The largest absolute Gasteiger partial charge is 0.480 e. The fourth-order valence-corrected chi connectivity index (χ4v) is 1.63. The summed E-state index contributed by atoms with van der Waals surface area (Å²) in [4.78, 5) is 27.9. The smallest absolute Gasteiger partial charge is 0.323 e. The van der Waals surface area contributed by atoms with E-state index in [9.17, 15) is 9.59 Å². The van der Waals surface area contributed by atoms with Crippen molar-refractivity contribution in [1.82, 2.24) is 15.2 Å². The van der Waals surface area contributed by atoms with E-state index in [2.05, 4.69) is 10.3 Å². The minimum Gasteiger partial charge on any atom is -0.480 e. The third-order valence-electron chi connectivity index (χ3n) is 2.72. The molecule has 7 nitrogen and oxygen atoms in total. The predicted octanol–water partition coefficient (Wildman–Crippen LogP) is 0.885. The number of nitrogens with zero attached hydrogens (tertiary/aromatic N) is 2. The van der Waals surface area contributed by atoms with E-state index in [0.29, 0.717) is 0 Å². The standard InChI is InChI=1S/C13H19N3O4/c1-10(11-3-5-14-6-4-11)15-13(19)16(7-8-20-2)9-12(17)18/h3-6,10H,7-9H2,1-2H3,(H,15,19)(H,17,18). The quantitative estimate of drug-likeness (QED) is 0.774. The van der Waals surface area contributed by atoms with Crippen LogP contribution in [0, 0.1) is 0 Å². The number of carboxylic acids is 1. The van der Waals surface area contributed by atoms with E-state index in [0.717, 1.165) is 5.56 Å². The number of aliphatic carboxylic acids is 1. The Hall–Kier alpha value is -2.15. The third kappa shape index (κ3) is 5.23. The van der Waals surface area contributed by atoms with Gasteiger partial charge in [-0.05, 0) is 24.6 Å². The highest BCUT2D eigenvalue weighted by Crippen LogP contribution is 2.10. The van der Waals surface area contributed by atoms with E-state index in [-0.39, 0.29) is 25.7 Å². The number of carboxylic acid groups (broad SMARTS) is 1. The Labute approximate surface area is 117 Å². The van der Waals surface area contributed by atoms with Crippen molar-refractivity contribution in [3.05, 3.63) is 30.1 Å². The lowest BCUT2D eigenvalue weighted by molar-refractivity contribution is -0.137. The molecule has 0 aromatic carbocycles. The minimum absolute atomic E-state index is 0.220. The highest BCUT2D eigenvalue weighted by atomic mass is 16.5. The fraction of sp³-hybridized carbons (Fsp3) is 0.462. The van der Waals surface area contributed by atoms with E-state index < -0.39 is 12.0 Å². The molecule has 1 unspecified atom stereocenters. The lowest BCUT2D eigenvalue weighted by Gasteiger charge is -2.23. The highest BCUT2D eigenvalue weighted by molar-refractivity contribution is 5.80. The van der Waals surface area contributed by atoms with E-state index in [1.165, 1.54) is 12.0 Å². The molecule has 1 atom stereocenters. The van der Waals surface area contributed by atoms with Crippen molar-refractivity contribution in [3.8, 4) is 0 Å². The van der Waals surface area contributed by atoms with Gasteiger partial charge in [-0.25, -0.2) is 4.79 Å². The Kier molecular flexibility index (Phi) is 6.45. The molecule has 0 bridgehead atoms. The van der Waals surface area contributed by atoms with Crippen molar-refractivity contribution in [1.29, 1.82) is 0 Å². The average Bonchev–Trinajstić information content (AvgIpc) is 2.43. The number of aromatic nitrogens is 1. The molecule has 0 fully saturated rings. The fourth-order valence-electron chi connectivity index (χ4n) is 1.63. The summed E-state index contributed by atoms with van der Waals surface area (Å²) in [5.74, 6) is -1.06. The Morgan fingerprint density at radius 3 is 2.65 bits per heavy atom. The van der Waals surface area contributed by atoms with Crippen LogP contribution in [0.5, 0.6) is 0 Å². The summed E-state index contributed by atoms with van der Waals surface area (Å²) in [5.41, 5.74) is 0.898. The Morgan fingerprint density at radius 1 is 1.45 bits per heavy atom. The number of amides is 2. The second-order valence-corrected chi connectivity index (χ2v) is 4.26. The van der Waals surface area contributed by atoms with Crippen molar-refractivity contribution >= 4 is 12.0 Å². The Balaban J connectivity index is 2.62. The molecule has 1 aromatic heterocycles. The molecule has 0 spiro atoms. The summed E-state index contributed by atoms with van der Waals surface area (Å²) in [6.07, 6.45) is 3.27. The summed E-state index contributed by atoms with van der Waals surface area (Å²) in [7, 11) is 1.50. The first-order valence-corrected chi connectivity index (χ1v) is 6.20. The molecule has 0 aliphatic heterocycles. The van der Waals surface area contributed by atoms with Crippen LogP contribution in [0.2, 0.25) is 0 Å². The molecule has 7 heteroatoms. The first-order valence-electron chi connectivity index (χ1n) is 6.20. The van der Waals surface area contributed by atoms with E-state index in [1.807, 2.05) is 6.92 Å². The predicted molar refractivity (Wildman–Crippen MR) is 72.3 cm³/mol. The summed E-state index contributed by atoms with van der Waals surface area (Å²) in [5, 5.41) is 11.6. The van der Waals surface area contributed by atoms with Crippen molar-refractivity contribution in [2.24, 2.45) is 0 Å². The molecular formula is C13H19N3O4. The van der Waals surface area contributed by atoms with E-state index in [4.69, 9.17) is 9.84 Å². The normalized spacial score (nSPS) is 11.7. The molecule has 110 valence electrons. The van der Waals surface area contributed by atoms with Crippen LogP contribution in [0.15, 0.2) is 24.5 Å². The zero-order chi connectivity index (χ0) is 15.0. The number of ether oxygens (including phenoxy) is 1. The number of rotatable bonds is 7. The van der Waals surface area contributed by atoms with Crippen LogP contribution in [-0.4, -0.2) is 53.8 Å². The van der Waals surface area contributed by atoms with Crippen LogP contribution in [0.25, 0.3) is 0 Å². The molecule has 2 amide bonds. The molecule has 1 rings (SSSR count). The van der Waals surface area contributed by atoms with Crippen LogP contribution in [0.4, 0.5) is 4.79 Å². The summed E-state index contributed by atoms with van der Waals surface area (Å²) < 4.78 is 4.87.